The minimum absolute atomic E-state index is 0.00187. The zero-order valence-corrected chi connectivity index (χ0v) is 10.6. The van der Waals surface area contributed by atoms with Crippen LogP contribution < -0.4 is 0 Å². The van der Waals surface area contributed by atoms with Crippen molar-refractivity contribution in [1.82, 2.24) is 9.29 Å². The third kappa shape index (κ3) is 2.75. The molecule has 1 heterocycles. The van der Waals surface area contributed by atoms with Crippen molar-refractivity contribution in [1.29, 1.82) is 0 Å². The molecule has 0 spiro atoms. The van der Waals surface area contributed by atoms with Gasteiger partial charge in [-0.05, 0) is 18.9 Å². The van der Waals surface area contributed by atoms with Crippen LogP contribution in [0, 0.1) is 5.82 Å². The molecule has 0 radical (unpaired) electrons. The average molecular weight is 279 g/mol. The lowest BCUT2D eigenvalue weighted by Gasteiger charge is -2.20. The van der Waals surface area contributed by atoms with Crippen molar-refractivity contribution < 1.29 is 12.8 Å². The molecule has 1 fully saturated rings. The van der Waals surface area contributed by atoms with Crippen molar-refractivity contribution in [3.05, 3.63) is 24.3 Å². The monoisotopic (exact) mass is 278 g/mol. The number of hydrogen-bond donors (Lipinski definition) is 0. The Morgan fingerprint density at radius 2 is 2.18 bits per heavy atom. The van der Waals surface area contributed by atoms with E-state index < -0.39 is 15.8 Å². The third-order valence-corrected chi connectivity index (χ3v) is 4.63. The predicted molar refractivity (Wildman–Crippen MR) is 61.8 cm³/mol. The molecule has 0 N–H and O–H groups in total. The lowest BCUT2D eigenvalue weighted by atomic mass is 10.5. The van der Waals surface area contributed by atoms with Gasteiger partial charge in [0.15, 0.2) is 0 Å². The van der Waals surface area contributed by atoms with E-state index in [4.69, 9.17) is 11.6 Å². The summed E-state index contributed by atoms with van der Waals surface area (Å²) in [5.41, 5.74) is 0. The van der Waals surface area contributed by atoms with Gasteiger partial charge < -0.3 is 0 Å². The predicted octanol–water partition coefficient (Wildman–Crippen LogP) is 1.61. The Balaban J connectivity index is 2.33. The third-order valence-electron chi connectivity index (χ3n) is 2.55. The maximum absolute atomic E-state index is 13.0. The first-order valence-electron chi connectivity index (χ1n) is 5.24. The van der Waals surface area contributed by atoms with Crippen LogP contribution in [0.15, 0.2) is 23.4 Å². The van der Waals surface area contributed by atoms with Gasteiger partial charge in [0.05, 0.1) is 6.20 Å². The van der Waals surface area contributed by atoms with E-state index in [0.29, 0.717) is 0 Å². The highest BCUT2D eigenvalue weighted by Crippen LogP contribution is 2.31. The van der Waals surface area contributed by atoms with Gasteiger partial charge in [0.25, 0.3) is 0 Å². The van der Waals surface area contributed by atoms with Crippen molar-refractivity contribution in [2.24, 2.45) is 0 Å². The first-order chi connectivity index (χ1) is 8.05. The number of alkyl halides is 1. The Morgan fingerprint density at radius 3 is 2.71 bits per heavy atom. The van der Waals surface area contributed by atoms with E-state index in [-0.39, 0.29) is 23.4 Å². The van der Waals surface area contributed by atoms with Gasteiger partial charge in [-0.15, -0.1) is 11.6 Å². The normalized spacial score (nSPS) is 16.4. The summed E-state index contributed by atoms with van der Waals surface area (Å²) in [7, 11) is -3.68. The topological polar surface area (TPSA) is 50.3 Å². The molecule has 1 aromatic heterocycles. The SMILES string of the molecule is O=S(=O)(c1cncc(F)c1)N(CCCl)C1CC1. The van der Waals surface area contributed by atoms with Crippen molar-refractivity contribution in [2.45, 2.75) is 23.8 Å². The summed E-state index contributed by atoms with van der Waals surface area (Å²) in [6.07, 6.45) is 3.79. The standard InChI is InChI=1S/C10H12ClFN2O2S/c11-3-4-14(9-1-2-9)17(15,16)10-5-8(12)6-13-7-10/h5-7,9H,1-4H2. The highest BCUT2D eigenvalue weighted by molar-refractivity contribution is 7.89. The van der Waals surface area contributed by atoms with Crippen LogP contribution in [0.2, 0.25) is 0 Å². The quantitative estimate of drug-likeness (QED) is 0.769. The number of sulfonamides is 1. The first-order valence-corrected chi connectivity index (χ1v) is 7.21. The van der Waals surface area contributed by atoms with Gasteiger partial charge in [0.2, 0.25) is 10.0 Å². The van der Waals surface area contributed by atoms with Gasteiger partial charge in [0, 0.05) is 24.7 Å². The summed E-state index contributed by atoms with van der Waals surface area (Å²) in [4.78, 5) is 3.44. The number of hydrogen-bond acceptors (Lipinski definition) is 3. The summed E-state index contributed by atoms with van der Waals surface area (Å²) in [6.45, 7) is 0.241. The fourth-order valence-electron chi connectivity index (χ4n) is 1.61. The van der Waals surface area contributed by atoms with Gasteiger partial charge in [0.1, 0.15) is 10.7 Å². The molecule has 1 aliphatic carbocycles. The molecule has 0 unspecified atom stereocenters. The second-order valence-corrected chi connectivity index (χ2v) is 6.14. The molecule has 2 rings (SSSR count). The number of nitrogens with zero attached hydrogens (tertiary/aromatic N) is 2. The highest BCUT2D eigenvalue weighted by atomic mass is 35.5. The minimum Gasteiger partial charge on any atom is -0.260 e. The van der Waals surface area contributed by atoms with Crippen molar-refractivity contribution in [3.63, 3.8) is 0 Å². The van der Waals surface area contributed by atoms with Crippen LogP contribution in [0.1, 0.15) is 12.8 Å². The maximum Gasteiger partial charge on any atom is 0.245 e. The molecule has 0 atom stereocenters. The molecule has 7 heteroatoms. The molecule has 0 aliphatic heterocycles. The highest BCUT2D eigenvalue weighted by Gasteiger charge is 2.37. The van der Waals surface area contributed by atoms with E-state index in [1.165, 1.54) is 4.31 Å². The van der Waals surface area contributed by atoms with Crippen LogP contribution in [-0.2, 0) is 10.0 Å². The molecule has 1 aliphatic rings. The number of pyridine rings is 1. The molecule has 0 saturated heterocycles. The van der Waals surface area contributed by atoms with Crippen molar-refractivity contribution in [2.75, 3.05) is 12.4 Å². The lowest BCUT2D eigenvalue weighted by molar-refractivity contribution is 0.422. The molecule has 17 heavy (non-hydrogen) atoms. The van der Waals surface area contributed by atoms with Crippen LogP contribution in [0.3, 0.4) is 0 Å². The Morgan fingerprint density at radius 1 is 1.47 bits per heavy atom. The van der Waals surface area contributed by atoms with Crippen LogP contribution in [0.25, 0.3) is 0 Å². The molecule has 94 valence electrons. The van der Waals surface area contributed by atoms with Gasteiger partial charge in [-0.2, -0.15) is 4.31 Å². The summed E-state index contributed by atoms with van der Waals surface area (Å²) < 4.78 is 38.8. The Hall–Kier alpha value is -0.720. The van der Waals surface area contributed by atoms with Crippen LogP contribution in [0.5, 0.6) is 0 Å². The summed E-state index contributed by atoms with van der Waals surface area (Å²) in [6, 6.07) is 0.980. The van der Waals surface area contributed by atoms with Crippen molar-refractivity contribution in [3.8, 4) is 0 Å². The zero-order valence-electron chi connectivity index (χ0n) is 9.01. The average Bonchev–Trinajstić information content (AvgIpc) is 3.09. The van der Waals surface area contributed by atoms with Gasteiger partial charge in [-0.3, -0.25) is 4.98 Å². The summed E-state index contributed by atoms with van der Waals surface area (Å²) in [5, 5.41) is 0. The van der Waals surface area contributed by atoms with E-state index in [9.17, 15) is 12.8 Å². The van der Waals surface area contributed by atoms with Gasteiger partial charge in [-0.1, -0.05) is 0 Å². The fraction of sp³-hybridized carbons (Fsp3) is 0.500. The Labute approximate surface area is 104 Å². The largest absolute Gasteiger partial charge is 0.260 e. The van der Waals surface area contributed by atoms with Gasteiger partial charge in [-0.25, -0.2) is 12.8 Å². The molecule has 1 aromatic rings. The molecule has 4 nitrogen and oxygen atoms in total. The van der Waals surface area contributed by atoms with Crippen LogP contribution >= 0.6 is 11.6 Å². The number of rotatable bonds is 5. The minimum atomic E-state index is -3.68. The van der Waals surface area contributed by atoms with E-state index in [1.54, 1.807) is 0 Å². The molecular formula is C10H12ClFN2O2S. The van der Waals surface area contributed by atoms with E-state index in [1.807, 2.05) is 0 Å². The zero-order chi connectivity index (χ0) is 12.5. The van der Waals surface area contributed by atoms with E-state index >= 15 is 0 Å². The molecule has 1 saturated carbocycles. The second kappa shape index (κ2) is 4.88. The van der Waals surface area contributed by atoms with Crippen LogP contribution in [0.4, 0.5) is 4.39 Å². The van der Waals surface area contributed by atoms with Crippen molar-refractivity contribution >= 4 is 21.6 Å². The number of aromatic nitrogens is 1. The molecule has 0 bridgehead atoms. The summed E-state index contributed by atoms with van der Waals surface area (Å²) in [5.74, 6) is -0.439. The molecular weight excluding hydrogens is 267 g/mol. The molecule has 0 aromatic carbocycles. The lowest BCUT2D eigenvalue weighted by Crippen LogP contribution is -2.34. The summed E-state index contributed by atoms with van der Waals surface area (Å²) >= 11 is 5.60. The van der Waals surface area contributed by atoms with E-state index in [0.717, 1.165) is 31.3 Å². The second-order valence-electron chi connectivity index (χ2n) is 3.87. The smallest absolute Gasteiger partial charge is 0.245 e. The maximum atomic E-state index is 13.0. The Kier molecular flexibility index (Phi) is 3.65. The van der Waals surface area contributed by atoms with E-state index in [2.05, 4.69) is 4.98 Å². The number of halogens is 2. The molecule has 0 amide bonds. The Bertz CT molecular complexity index is 505. The fourth-order valence-corrected chi connectivity index (χ4v) is 3.56. The van der Waals surface area contributed by atoms with Crippen LogP contribution in [-0.4, -0.2) is 36.2 Å². The first kappa shape index (κ1) is 12.7. The van der Waals surface area contributed by atoms with Gasteiger partial charge >= 0.3 is 0 Å².